The van der Waals surface area contributed by atoms with Crippen LogP contribution in [-0.4, -0.2) is 36.8 Å². The summed E-state index contributed by atoms with van der Waals surface area (Å²) in [5.74, 6) is -1.95. The number of nitrogens with one attached hydrogen (secondary N) is 1. The van der Waals surface area contributed by atoms with E-state index in [-0.39, 0.29) is 18.7 Å². The summed E-state index contributed by atoms with van der Waals surface area (Å²) in [7, 11) is 0. The van der Waals surface area contributed by atoms with Crippen molar-refractivity contribution >= 4 is 24.0 Å². The molecule has 1 aliphatic heterocycles. The number of anilines is 1. The Balaban J connectivity index is 2.04. The lowest BCUT2D eigenvalue weighted by Gasteiger charge is -2.36. The van der Waals surface area contributed by atoms with Gasteiger partial charge in [0.25, 0.3) is 0 Å². The Labute approximate surface area is 133 Å². The van der Waals surface area contributed by atoms with Crippen LogP contribution < -0.4 is 5.43 Å². The van der Waals surface area contributed by atoms with E-state index < -0.39 is 17.7 Å². The van der Waals surface area contributed by atoms with Gasteiger partial charge in [0.15, 0.2) is 18.2 Å². The number of halogens is 1. The third kappa shape index (κ3) is 4.80. The van der Waals surface area contributed by atoms with E-state index in [1.54, 1.807) is 13.8 Å². The molecule has 1 aromatic rings. The first-order valence-electron chi connectivity index (χ1n) is 6.96. The number of Topliss-reactive ketones (excluding diaryl/α,β-unsaturated/α-hetero) is 1. The maximum atomic E-state index is 12.8. The average molecular weight is 320 g/mol. The molecular weight excluding hydrogens is 303 g/mol. The van der Waals surface area contributed by atoms with Crippen LogP contribution in [0, 0.1) is 5.82 Å². The molecule has 23 heavy (non-hydrogen) atoms. The Morgan fingerprint density at radius 1 is 1.39 bits per heavy atom. The molecule has 0 aliphatic carbocycles. The molecule has 0 radical (unpaired) electrons. The van der Waals surface area contributed by atoms with Crippen molar-refractivity contribution < 1.29 is 23.5 Å². The van der Waals surface area contributed by atoms with Crippen LogP contribution in [0.3, 0.4) is 0 Å². The highest BCUT2D eigenvalue weighted by atomic mass is 19.1. The van der Waals surface area contributed by atoms with Crippen molar-refractivity contribution in [2.24, 2.45) is 5.10 Å². The van der Waals surface area contributed by atoms with Crippen LogP contribution in [0.4, 0.5) is 10.1 Å². The van der Waals surface area contributed by atoms with E-state index in [0.29, 0.717) is 11.3 Å². The van der Waals surface area contributed by atoms with Crippen molar-refractivity contribution in [3.63, 3.8) is 0 Å². The minimum absolute atomic E-state index is 0.153. The van der Waals surface area contributed by atoms with Crippen LogP contribution in [0.2, 0.25) is 0 Å². The Hall–Kier alpha value is -2.38. The zero-order chi connectivity index (χ0) is 16.9. The Bertz CT molecular complexity index is 638. The largest absolute Gasteiger partial charge is 0.346 e. The lowest BCUT2D eigenvalue weighted by molar-refractivity contribution is -0.247. The van der Waals surface area contributed by atoms with Crippen LogP contribution in [0.5, 0.6) is 0 Å². The maximum absolute atomic E-state index is 12.8. The second-order valence-electron chi connectivity index (χ2n) is 5.35. The van der Waals surface area contributed by atoms with Gasteiger partial charge < -0.3 is 9.47 Å². The number of ether oxygens (including phenoxy) is 2. The third-order valence-electron chi connectivity index (χ3n) is 3.10. The van der Waals surface area contributed by atoms with Crippen molar-refractivity contribution in [3.05, 3.63) is 41.7 Å². The molecule has 1 N–H and O–H groups in total. The standard InChI is InChI=1S/C16H17FN2O4/c1-16(2)22-10-11(15(23-16)14(21)9-20)7-8-18-19-13-5-3-12(17)4-6-13/h3-9,15,19H,10H2,1-2H3/b11-7+,18-8?. The van der Waals surface area contributed by atoms with Gasteiger partial charge in [-0.1, -0.05) is 0 Å². The fourth-order valence-electron chi connectivity index (χ4n) is 1.93. The predicted octanol–water partition coefficient (Wildman–Crippen LogP) is 2.07. The minimum Gasteiger partial charge on any atom is -0.346 e. The molecule has 6 nitrogen and oxygen atoms in total. The molecule has 0 amide bonds. The van der Waals surface area contributed by atoms with Gasteiger partial charge in [0.1, 0.15) is 5.82 Å². The van der Waals surface area contributed by atoms with E-state index in [1.165, 1.54) is 36.6 Å². The summed E-state index contributed by atoms with van der Waals surface area (Å²) in [6.07, 6.45) is 2.20. The number of carbonyl (C=O) groups is 2. The number of nitrogens with zero attached hydrogens (tertiary/aromatic N) is 1. The molecule has 7 heteroatoms. The van der Waals surface area contributed by atoms with Crippen LogP contribution in [0.25, 0.3) is 0 Å². The molecule has 0 aromatic heterocycles. The SMILES string of the molecule is CC1(C)OC/C(=C\C=NNc2ccc(F)cc2)C(C(=O)C=O)O1. The normalized spacial score (nSPS) is 22.2. The number of ketones is 1. The predicted molar refractivity (Wildman–Crippen MR) is 82.6 cm³/mol. The summed E-state index contributed by atoms with van der Waals surface area (Å²) in [4.78, 5) is 22.4. The van der Waals surface area contributed by atoms with Gasteiger partial charge in [-0.2, -0.15) is 5.10 Å². The monoisotopic (exact) mass is 320 g/mol. The van der Waals surface area contributed by atoms with Crippen LogP contribution in [-0.2, 0) is 19.1 Å². The first-order valence-corrected chi connectivity index (χ1v) is 6.96. The molecule has 1 heterocycles. The summed E-state index contributed by atoms with van der Waals surface area (Å²) in [5, 5.41) is 3.94. The van der Waals surface area contributed by atoms with Crippen molar-refractivity contribution in [1.82, 2.24) is 0 Å². The van der Waals surface area contributed by atoms with Gasteiger partial charge in [0, 0.05) is 6.21 Å². The summed E-state index contributed by atoms with van der Waals surface area (Å²) in [5.41, 5.74) is 3.81. The topological polar surface area (TPSA) is 77.0 Å². The number of rotatable bonds is 5. The highest BCUT2D eigenvalue weighted by molar-refractivity contribution is 6.28. The minimum atomic E-state index is -0.978. The van der Waals surface area contributed by atoms with Crippen molar-refractivity contribution in [1.29, 1.82) is 0 Å². The molecule has 1 saturated heterocycles. The highest BCUT2D eigenvalue weighted by Gasteiger charge is 2.36. The number of hydrogen-bond acceptors (Lipinski definition) is 6. The fourth-order valence-corrected chi connectivity index (χ4v) is 1.93. The highest BCUT2D eigenvalue weighted by Crippen LogP contribution is 2.25. The number of allylic oxidation sites excluding steroid dienone is 1. The fraction of sp³-hybridized carbons (Fsp3) is 0.312. The molecule has 1 atom stereocenters. The Morgan fingerprint density at radius 3 is 2.74 bits per heavy atom. The van der Waals surface area contributed by atoms with Gasteiger partial charge in [-0.15, -0.1) is 0 Å². The number of benzene rings is 1. The molecule has 1 aromatic carbocycles. The smallest absolute Gasteiger partial charge is 0.228 e. The number of aldehydes is 1. The molecule has 1 fully saturated rings. The molecule has 0 spiro atoms. The van der Waals surface area contributed by atoms with Crippen LogP contribution >= 0.6 is 0 Å². The molecule has 2 rings (SSSR count). The Kier molecular flexibility index (Phi) is 5.36. The van der Waals surface area contributed by atoms with Gasteiger partial charge in [0.2, 0.25) is 5.78 Å². The van der Waals surface area contributed by atoms with E-state index in [2.05, 4.69) is 10.5 Å². The van der Waals surface area contributed by atoms with Gasteiger partial charge in [-0.25, -0.2) is 4.39 Å². The zero-order valence-corrected chi connectivity index (χ0v) is 12.8. The van der Waals surface area contributed by atoms with Gasteiger partial charge in [-0.3, -0.25) is 15.0 Å². The first kappa shape index (κ1) is 17.0. The third-order valence-corrected chi connectivity index (χ3v) is 3.10. The van der Waals surface area contributed by atoms with Crippen molar-refractivity contribution in [2.45, 2.75) is 25.7 Å². The molecule has 0 saturated carbocycles. The molecule has 1 aliphatic rings. The maximum Gasteiger partial charge on any atom is 0.228 e. The first-order chi connectivity index (χ1) is 10.9. The van der Waals surface area contributed by atoms with Crippen molar-refractivity contribution in [3.8, 4) is 0 Å². The molecule has 0 bridgehead atoms. The van der Waals surface area contributed by atoms with Crippen molar-refractivity contribution in [2.75, 3.05) is 12.0 Å². The summed E-state index contributed by atoms with van der Waals surface area (Å²) < 4.78 is 23.7. The summed E-state index contributed by atoms with van der Waals surface area (Å²) in [6.45, 7) is 3.48. The van der Waals surface area contributed by atoms with Crippen LogP contribution in [0.15, 0.2) is 41.0 Å². The van der Waals surface area contributed by atoms with E-state index in [9.17, 15) is 14.0 Å². The molecular formula is C16H17FN2O4. The molecule has 1 unspecified atom stereocenters. The number of hydrogen-bond donors (Lipinski definition) is 1. The quantitative estimate of drug-likeness (QED) is 0.389. The van der Waals surface area contributed by atoms with Gasteiger partial charge in [0.05, 0.1) is 12.3 Å². The Morgan fingerprint density at radius 2 is 2.09 bits per heavy atom. The van der Waals surface area contributed by atoms with E-state index in [4.69, 9.17) is 9.47 Å². The lowest BCUT2D eigenvalue weighted by Crippen LogP contribution is -2.45. The lowest BCUT2D eigenvalue weighted by atomic mass is 10.0. The molecule has 122 valence electrons. The number of hydrazone groups is 1. The summed E-state index contributed by atoms with van der Waals surface area (Å²) in [6, 6.07) is 5.68. The second-order valence-corrected chi connectivity index (χ2v) is 5.35. The van der Waals surface area contributed by atoms with E-state index in [0.717, 1.165) is 0 Å². The van der Waals surface area contributed by atoms with Gasteiger partial charge in [-0.05, 0) is 49.8 Å². The van der Waals surface area contributed by atoms with Crippen LogP contribution in [0.1, 0.15) is 13.8 Å². The number of carbonyl (C=O) groups excluding carboxylic acids is 2. The average Bonchev–Trinajstić information content (AvgIpc) is 2.53. The zero-order valence-electron chi connectivity index (χ0n) is 12.8. The van der Waals surface area contributed by atoms with E-state index in [1.807, 2.05) is 0 Å². The summed E-state index contributed by atoms with van der Waals surface area (Å²) >= 11 is 0. The van der Waals surface area contributed by atoms with Gasteiger partial charge >= 0.3 is 0 Å². The second kappa shape index (κ2) is 7.26. The van der Waals surface area contributed by atoms with E-state index >= 15 is 0 Å².